The fraction of sp³-hybridized carbons (Fsp3) is 0.125. The van der Waals surface area contributed by atoms with Gasteiger partial charge in [0.1, 0.15) is 11.4 Å². The maximum Gasteiger partial charge on any atom is 0.295 e. The first-order valence-corrected chi connectivity index (χ1v) is 7.60. The van der Waals surface area contributed by atoms with Crippen LogP contribution in [0.15, 0.2) is 53.9 Å². The molecule has 112 valence electrons. The maximum atomic E-state index is 12.5. The second kappa shape index (κ2) is 6.13. The molecule has 5 nitrogen and oxygen atoms in total. The highest BCUT2D eigenvalue weighted by Gasteiger charge is 2.21. The maximum absolute atomic E-state index is 12.5. The molecular weight excluding hydrogens is 298 g/mol. The number of aromatic nitrogens is 2. The van der Waals surface area contributed by atoms with Crippen molar-refractivity contribution in [2.45, 2.75) is 0 Å². The lowest BCUT2D eigenvalue weighted by Gasteiger charge is -2.14. The molecule has 3 rings (SSSR count). The van der Waals surface area contributed by atoms with Crippen LogP contribution in [-0.2, 0) is 4.84 Å². The van der Waals surface area contributed by atoms with E-state index in [2.05, 4.69) is 5.10 Å². The Labute approximate surface area is 132 Å². The number of nitrogens with zero attached hydrogens (tertiary/aromatic N) is 3. The summed E-state index contributed by atoms with van der Waals surface area (Å²) in [5.74, 6) is -0.248. The van der Waals surface area contributed by atoms with E-state index >= 15 is 0 Å². The normalized spacial score (nSPS) is 10.6. The molecule has 0 radical (unpaired) electrons. The number of hydrogen-bond donors (Lipinski definition) is 0. The highest BCUT2D eigenvalue weighted by molar-refractivity contribution is 7.13. The number of hydrogen-bond acceptors (Lipinski definition) is 4. The summed E-state index contributed by atoms with van der Waals surface area (Å²) in [6.07, 6.45) is 0. The molecule has 0 spiro atoms. The van der Waals surface area contributed by atoms with Crippen LogP contribution < -0.4 is 0 Å². The topological polar surface area (TPSA) is 47.4 Å². The zero-order valence-corrected chi connectivity index (χ0v) is 13.1. The zero-order valence-electron chi connectivity index (χ0n) is 12.3. The van der Waals surface area contributed by atoms with Crippen molar-refractivity contribution in [2.75, 3.05) is 14.2 Å². The smallest absolute Gasteiger partial charge is 0.274 e. The van der Waals surface area contributed by atoms with Gasteiger partial charge >= 0.3 is 0 Å². The Hall–Kier alpha value is -2.44. The van der Waals surface area contributed by atoms with Crippen LogP contribution in [0, 0.1) is 0 Å². The van der Waals surface area contributed by atoms with E-state index in [0.717, 1.165) is 16.3 Å². The van der Waals surface area contributed by atoms with Gasteiger partial charge in [0.25, 0.3) is 5.91 Å². The standard InChI is InChI=1S/C16H15N3O2S/c1-18(21-2)16(20)14-11-13(15-9-6-10-22-15)17-19(14)12-7-4-3-5-8-12/h3-11H,1-2H3. The van der Waals surface area contributed by atoms with Gasteiger partial charge in [-0.3, -0.25) is 9.63 Å². The minimum absolute atomic E-state index is 0.248. The summed E-state index contributed by atoms with van der Waals surface area (Å²) in [6.45, 7) is 0. The zero-order chi connectivity index (χ0) is 15.5. The van der Waals surface area contributed by atoms with Crippen LogP contribution in [0.4, 0.5) is 0 Å². The van der Waals surface area contributed by atoms with Gasteiger partial charge in [0.2, 0.25) is 0 Å². The average molecular weight is 313 g/mol. The number of hydroxylamine groups is 2. The largest absolute Gasteiger partial charge is 0.295 e. The molecule has 0 fully saturated rings. The Morgan fingerprint density at radius 1 is 1.23 bits per heavy atom. The van der Waals surface area contributed by atoms with Crippen molar-refractivity contribution in [3.63, 3.8) is 0 Å². The first-order valence-electron chi connectivity index (χ1n) is 6.72. The van der Waals surface area contributed by atoms with Crippen LogP contribution in [0.3, 0.4) is 0 Å². The van der Waals surface area contributed by atoms with Gasteiger partial charge in [-0.15, -0.1) is 11.3 Å². The lowest BCUT2D eigenvalue weighted by atomic mass is 10.3. The molecule has 0 unspecified atom stereocenters. The van der Waals surface area contributed by atoms with Crippen LogP contribution in [-0.4, -0.2) is 34.9 Å². The van der Waals surface area contributed by atoms with Crippen molar-refractivity contribution >= 4 is 17.2 Å². The van der Waals surface area contributed by atoms with Gasteiger partial charge in [-0.1, -0.05) is 24.3 Å². The minimum Gasteiger partial charge on any atom is -0.274 e. The van der Waals surface area contributed by atoms with E-state index in [1.54, 1.807) is 29.1 Å². The minimum atomic E-state index is -0.248. The van der Waals surface area contributed by atoms with E-state index in [-0.39, 0.29) is 5.91 Å². The van der Waals surface area contributed by atoms with Gasteiger partial charge in [-0.2, -0.15) is 5.10 Å². The van der Waals surface area contributed by atoms with Crippen LogP contribution >= 0.6 is 11.3 Å². The number of carbonyl (C=O) groups excluding carboxylic acids is 1. The third-order valence-corrected chi connectivity index (χ3v) is 4.16. The van der Waals surface area contributed by atoms with E-state index < -0.39 is 0 Å². The van der Waals surface area contributed by atoms with E-state index in [0.29, 0.717) is 5.69 Å². The lowest BCUT2D eigenvalue weighted by molar-refractivity contribution is -0.0762. The summed E-state index contributed by atoms with van der Waals surface area (Å²) >= 11 is 1.59. The van der Waals surface area contributed by atoms with Crippen LogP contribution in [0.1, 0.15) is 10.5 Å². The Kier molecular flexibility index (Phi) is 4.04. The molecule has 6 heteroatoms. The molecule has 2 aromatic heterocycles. The highest BCUT2D eigenvalue weighted by atomic mass is 32.1. The molecule has 0 N–H and O–H groups in total. The molecule has 0 aliphatic heterocycles. The molecule has 1 amide bonds. The number of benzene rings is 1. The van der Waals surface area contributed by atoms with Gasteiger partial charge < -0.3 is 0 Å². The summed E-state index contributed by atoms with van der Waals surface area (Å²) in [5, 5.41) is 7.76. The Bertz CT molecular complexity index is 766. The first kappa shape index (κ1) is 14.5. The van der Waals surface area contributed by atoms with E-state index in [9.17, 15) is 4.79 Å². The SMILES string of the molecule is CON(C)C(=O)c1cc(-c2cccs2)nn1-c1ccccc1. The monoisotopic (exact) mass is 313 g/mol. The Balaban J connectivity index is 2.12. The second-order valence-corrected chi connectivity index (χ2v) is 5.57. The summed E-state index contributed by atoms with van der Waals surface area (Å²) in [7, 11) is 3.04. The molecule has 3 aromatic rings. The predicted octanol–water partition coefficient (Wildman–Crippen LogP) is 3.23. The molecule has 1 aromatic carbocycles. The Morgan fingerprint density at radius 2 is 2.00 bits per heavy atom. The number of thiophene rings is 1. The molecule has 0 atom stereocenters. The number of carbonyl (C=O) groups is 1. The number of rotatable bonds is 4. The summed E-state index contributed by atoms with van der Waals surface area (Å²) in [5.41, 5.74) is 2.06. The van der Waals surface area contributed by atoms with Crippen molar-refractivity contribution < 1.29 is 9.63 Å². The summed E-state index contributed by atoms with van der Waals surface area (Å²) < 4.78 is 1.65. The summed E-state index contributed by atoms with van der Waals surface area (Å²) in [4.78, 5) is 18.5. The lowest BCUT2D eigenvalue weighted by Crippen LogP contribution is -2.27. The van der Waals surface area contributed by atoms with Gasteiger partial charge in [0.15, 0.2) is 0 Å². The van der Waals surface area contributed by atoms with E-state index in [1.807, 2.05) is 47.8 Å². The highest BCUT2D eigenvalue weighted by Crippen LogP contribution is 2.26. The van der Waals surface area contributed by atoms with E-state index in [1.165, 1.54) is 12.2 Å². The van der Waals surface area contributed by atoms with Gasteiger partial charge in [0.05, 0.1) is 17.7 Å². The van der Waals surface area contributed by atoms with Crippen molar-refractivity contribution in [3.8, 4) is 16.3 Å². The van der Waals surface area contributed by atoms with Crippen LogP contribution in [0.2, 0.25) is 0 Å². The average Bonchev–Trinajstić information content (AvgIpc) is 3.23. The third kappa shape index (κ3) is 2.66. The Morgan fingerprint density at radius 3 is 2.64 bits per heavy atom. The fourth-order valence-electron chi connectivity index (χ4n) is 2.09. The van der Waals surface area contributed by atoms with Gasteiger partial charge in [-0.05, 0) is 29.6 Å². The number of amides is 1. The molecule has 2 heterocycles. The number of para-hydroxylation sites is 1. The molecular formula is C16H15N3O2S. The molecule has 0 saturated heterocycles. The molecule has 0 aliphatic carbocycles. The van der Waals surface area contributed by atoms with Gasteiger partial charge in [-0.25, -0.2) is 9.75 Å². The fourth-order valence-corrected chi connectivity index (χ4v) is 2.77. The first-order chi connectivity index (χ1) is 10.7. The van der Waals surface area contributed by atoms with E-state index in [4.69, 9.17) is 4.84 Å². The molecule has 0 saturated carbocycles. The van der Waals surface area contributed by atoms with Gasteiger partial charge in [0, 0.05) is 7.05 Å². The van der Waals surface area contributed by atoms with Crippen LogP contribution in [0.25, 0.3) is 16.3 Å². The third-order valence-electron chi connectivity index (χ3n) is 3.26. The predicted molar refractivity (Wildman–Crippen MR) is 86.0 cm³/mol. The molecule has 0 aliphatic rings. The molecule has 22 heavy (non-hydrogen) atoms. The van der Waals surface area contributed by atoms with Crippen LogP contribution in [0.5, 0.6) is 0 Å². The van der Waals surface area contributed by atoms with Crippen molar-refractivity contribution in [2.24, 2.45) is 0 Å². The van der Waals surface area contributed by atoms with Crippen molar-refractivity contribution in [3.05, 3.63) is 59.6 Å². The summed E-state index contributed by atoms with van der Waals surface area (Å²) in [6, 6.07) is 15.3. The quantitative estimate of drug-likeness (QED) is 0.695. The van der Waals surface area contributed by atoms with Crippen molar-refractivity contribution in [1.82, 2.24) is 14.8 Å². The van der Waals surface area contributed by atoms with Crippen molar-refractivity contribution in [1.29, 1.82) is 0 Å². The molecule has 0 bridgehead atoms. The second-order valence-electron chi connectivity index (χ2n) is 4.62.